The minimum atomic E-state index is -0.343. The topological polar surface area (TPSA) is 74.3 Å². The van der Waals surface area contributed by atoms with Crippen LogP contribution in [0.15, 0.2) is 24.3 Å². The lowest BCUT2D eigenvalue weighted by Gasteiger charge is -2.35. The van der Waals surface area contributed by atoms with Gasteiger partial charge in [0, 0.05) is 37.6 Å². The van der Waals surface area contributed by atoms with E-state index in [0.29, 0.717) is 37.8 Å². The Labute approximate surface area is 170 Å². The summed E-state index contributed by atoms with van der Waals surface area (Å²) in [4.78, 5) is 30.2. The maximum absolute atomic E-state index is 12.2. The van der Waals surface area contributed by atoms with Gasteiger partial charge in [-0.2, -0.15) is 0 Å². The van der Waals surface area contributed by atoms with Crippen molar-refractivity contribution in [3.05, 3.63) is 24.3 Å². The van der Waals surface area contributed by atoms with E-state index >= 15 is 0 Å². The zero-order valence-corrected chi connectivity index (χ0v) is 17.0. The highest BCUT2D eigenvalue weighted by Gasteiger charge is 2.32. The Morgan fingerprint density at radius 3 is 2.46 bits per heavy atom. The summed E-state index contributed by atoms with van der Waals surface area (Å²) in [5.74, 6) is 0. The molecule has 0 radical (unpaired) electrons. The van der Waals surface area contributed by atoms with Gasteiger partial charge in [-0.15, -0.1) is 0 Å². The molecule has 1 aromatic carbocycles. The van der Waals surface area contributed by atoms with Crippen LogP contribution >= 0.6 is 12.2 Å². The minimum Gasteiger partial charge on any atom is -0.450 e. The predicted molar refractivity (Wildman–Crippen MR) is 111 cm³/mol. The highest BCUT2D eigenvalue weighted by Crippen LogP contribution is 2.25. The maximum Gasteiger partial charge on any atom is 0.414 e. The third kappa shape index (κ3) is 4.83. The molecular formula is C19H26N4O4S. The number of hydrogen-bond acceptors (Lipinski definition) is 6. The first-order chi connectivity index (χ1) is 13.5. The van der Waals surface area contributed by atoms with Crippen LogP contribution < -0.4 is 15.1 Å². The fraction of sp³-hybridized carbons (Fsp3) is 0.526. The molecule has 3 rings (SSSR count). The lowest BCUT2D eigenvalue weighted by Crippen LogP contribution is -2.49. The van der Waals surface area contributed by atoms with E-state index in [2.05, 4.69) is 10.2 Å². The monoisotopic (exact) mass is 406 g/mol. The van der Waals surface area contributed by atoms with E-state index in [4.69, 9.17) is 21.7 Å². The number of amides is 2. The summed E-state index contributed by atoms with van der Waals surface area (Å²) in [6.45, 7) is 7.76. The van der Waals surface area contributed by atoms with Gasteiger partial charge in [0.1, 0.15) is 6.10 Å². The number of rotatable bonds is 5. The maximum atomic E-state index is 12.2. The average Bonchev–Trinajstić information content (AvgIpc) is 3.07. The zero-order chi connectivity index (χ0) is 20.1. The van der Waals surface area contributed by atoms with Crippen LogP contribution in [0.4, 0.5) is 21.0 Å². The van der Waals surface area contributed by atoms with Crippen molar-refractivity contribution in [2.45, 2.75) is 20.0 Å². The van der Waals surface area contributed by atoms with Crippen LogP contribution in [0, 0.1) is 0 Å². The molecular weight excluding hydrogens is 380 g/mol. The van der Waals surface area contributed by atoms with Crippen LogP contribution in [0.1, 0.15) is 13.8 Å². The number of cyclic esters (lactones) is 1. The van der Waals surface area contributed by atoms with Gasteiger partial charge in [-0.05, 0) is 38.1 Å². The highest BCUT2D eigenvalue weighted by molar-refractivity contribution is 7.80. The van der Waals surface area contributed by atoms with E-state index in [1.54, 1.807) is 16.7 Å². The number of thiocarbonyl (C=S) groups is 1. The highest BCUT2D eigenvalue weighted by atomic mass is 32.1. The molecule has 0 unspecified atom stereocenters. The first kappa shape index (κ1) is 20.2. The van der Waals surface area contributed by atoms with E-state index in [1.165, 1.54) is 0 Å². The molecule has 2 heterocycles. The van der Waals surface area contributed by atoms with Crippen molar-refractivity contribution in [3.8, 4) is 0 Å². The number of ether oxygens (including phenoxy) is 2. The second kappa shape index (κ2) is 9.09. The third-order valence-corrected chi connectivity index (χ3v) is 4.93. The van der Waals surface area contributed by atoms with Crippen LogP contribution in [0.3, 0.4) is 0 Å². The zero-order valence-electron chi connectivity index (χ0n) is 16.2. The van der Waals surface area contributed by atoms with Gasteiger partial charge < -0.3 is 24.6 Å². The first-order valence-electron chi connectivity index (χ1n) is 9.47. The van der Waals surface area contributed by atoms with Crippen molar-refractivity contribution in [3.63, 3.8) is 0 Å². The van der Waals surface area contributed by atoms with Crippen LogP contribution in [-0.4, -0.2) is 74.1 Å². The number of nitrogens with zero attached hydrogens (tertiary/aromatic N) is 3. The van der Waals surface area contributed by atoms with E-state index < -0.39 is 0 Å². The third-order valence-electron chi connectivity index (χ3n) is 4.78. The summed E-state index contributed by atoms with van der Waals surface area (Å²) in [5, 5.41) is 3.04. The van der Waals surface area contributed by atoms with Crippen molar-refractivity contribution in [1.82, 2.24) is 10.2 Å². The Hall–Kier alpha value is -2.55. The molecule has 2 amide bonds. The fourth-order valence-corrected chi connectivity index (χ4v) is 3.38. The molecule has 0 spiro atoms. The summed E-state index contributed by atoms with van der Waals surface area (Å²) >= 11 is 4.99. The van der Waals surface area contributed by atoms with Crippen LogP contribution in [0.2, 0.25) is 0 Å². The summed E-state index contributed by atoms with van der Waals surface area (Å²) < 4.78 is 10.4. The molecule has 0 saturated carbocycles. The Kier molecular flexibility index (Phi) is 6.56. The van der Waals surface area contributed by atoms with Crippen molar-refractivity contribution in [1.29, 1.82) is 0 Å². The Morgan fingerprint density at radius 2 is 1.86 bits per heavy atom. The van der Waals surface area contributed by atoms with Gasteiger partial charge in [-0.3, -0.25) is 4.90 Å². The number of nitrogens with one attached hydrogen (secondary N) is 1. The second-order valence-corrected chi connectivity index (χ2v) is 7.36. The normalized spacial score (nSPS) is 19.4. The lowest BCUT2D eigenvalue weighted by atomic mass is 10.2. The van der Waals surface area contributed by atoms with Crippen LogP contribution in [-0.2, 0) is 9.47 Å². The van der Waals surface area contributed by atoms with Crippen molar-refractivity contribution < 1.29 is 19.1 Å². The molecule has 1 atom stereocenters. The molecule has 1 aromatic rings. The van der Waals surface area contributed by atoms with Gasteiger partial charge in [0.25, 0.3) is 0 Å². The predicted octanol–water partition coefficient (Wildman–Crippen LogP) is 2.23. The largest absolute Gasteiger partial charge is 0.450 e. The van der Waals surface area contributed by atoms with Gasteiger partial charge in [0.15, 0.2) is 0 Å². The van der Waals surface area contributed by atoms with Gasteiger partial charge in [-0.1, -0.05) is 12.2 Å². The molecule has 0 aliphatic carbocycles. The number of carbonyl (C=O) groups excluding carboxylic acids is 2. The Morgan fingerprint density at radius 1 is 1.21 bits per heavy atom. The van der Waals surface area contributed by atoms with Gasteiger partial charge >= 0.3 is 12.2 Å². The lowest BCUT2D eigenvalue weighted by molar-refractivity contribution is 0.105. The minimum absolute atomic E-state index is 0.221. The van der Waals surface area contributed by atoms with Gasteiger partial charge in [0.2, 0.25) is 0 Å². The fourth-order valence-electron chi connectivity index (χ4n) is 3.30. The van der Waals surface area contributed by atoms with E-state index in [1.807, 2.05) is 31.2 Å². The molecule has 28 heavy (non-hydrogen) atoms. The molecule has 1 N–H and O–H groups in total. The molecule has 2 fully saturated rings. The Balaban J connectivity index is 1.55. The van der Waals surface area contributed by atoms with E-state index in [-0.39, 0.29) is 18.3 Å². The first-order valence-corrected chi connectivity index (χ1v) is 9.88. The quantitative estimate of drug-likeness (QED) is 0.752. The summed E-state index contributed by atoms with van der Waals surface area (Å²) in [6.07, 6.45) is -0.816. The molecule has 0 bridgehead atoms. The summed E-state index contributed by atoms with van der Waals surface area (Å²) in [5.41, 5.74) is 1.87. The van der Waals surface area contributed by atoms with E-state index in [9.17, 15) is 9.59 Å². The van der Waals surface area contributed by atoms with E-state index in [0.717, 1.165) is 24.5 Å². The number of hydrogen-bond donors (Lipinski definition) is 1. The van der Waals surface area contributed by atoms with Crippen LogP contribution in [0.25, 0.3) is 0 Å². The molecule has 2 aliphatic rings. The smallest absolute Gasteiger partial charge is 0.414 e. The average molecular weight is 407 g/mol. The number of benzene rings is 1. The molecule has 8 nitrogen and oxygen atoms in total. The Bertz CT molecular complexity index is 719. The van der Waals surface area contributed by atoms with Gasteiger partial charge in [0.05, 0.1) is 24.7 Å². The van der Waals surface area contributed by atoms with Crippen molar-refractivity contribution in [2.24, 2.45) is 0 Å². The SMILES string of the molecule is CCOC(=O)N1CCN(c2ccc(N3C[C@H](CNC(C)=S)OC3=O)cc2)CC1. The van der Waals surface area contributed by atoms with Crippen molar-refractivity contribution in [2.75, 3.05) is 55.7 Å². The number of anilines is 2. The summed E-state index contributed by atoms with van der Waals surface area (Å²) in [6, 6.07) is 7.84. The van der Waals surface area contributed by atoms with Crippen molar-refractivity contribution >= 4 is 40.8 Å². The standard InChI is InChI=1S/C19H26N4O4S/c1-3-26-18(24)22-10-8-21(9-11-22)15-4-6-16(7-5-15)23-13-17(27-19(23)25)12-20-14(2)28/h4-7,17H,3,8-13H2,1-2H3,(H,20,28)/t17-/m0/s1. The number of piperazine rings is 1. The molecule has 9 heteroatoms. The van der Waals surface area contributed by atoms with Gasteiger partial charge in [-0.25, -0.2) is 9.59 Å². The number of carbonyl (C=O) groups is 2. The molecule has 2 saturated heterocycles. The summed E-state index contributed by atoms with van der Waals surface area (Å²) in [7, 11) is 0. The molecule has 2 aliphatic heterocycles. The second-order valence-electron chi connectivity index (χ2n) is 6.74. The molecule has 0 aromatic heterocycles. The van der Waals surface area contributed by atoms with Crippen LogP contribution in [0.5, 0.6) is 0 Å². The molecule has 152 valence electrons.